The van der Waals surface area contributed by atoms with Gasteiger partial charge >= 0.3 is 0 Å². The monoisotopic (exact) mass is 318 g/mol. The molecule has 6 fully saturated rings. The van der Waals surface area contributed by atoms with Gasteiger partial charge in [-0.2, -0.15) is 5.26 Å². The summed E-state index contributed by atoms with van der Waals surface area (Å²) in [5, 5.41) is 20.2. The number of nitrogens with zero attached hydrogens (tertiary/aromatic N) is 2. The lowest BCUT2D eigenvalue weighted by Crippen LogP contribution is -2.64. The Bertz CT molecular complexity index is 598. The van der Waals surface area contributed by atoms with Gasteiger partial charge in [-0.1, -0.05) is 0 Å². The number of fused-ring (bicyclic) bond motifs is 1. The topological polar surface area (TPSA) is 90.4 Å². The van der Waals surface area contributed by atoms with Crippen LogP contribution in [-0.4, -0.2) is 39.6 Å². The molecule has 1 heterocycles. The average Bonchev–Trinajstić information content (AvgIpc) is 3.14. The van der Waals surface area contributed by atoms with Crippen LogP contribution in [0.3, 0.4) is 0 Å². The van der Waals surface area contributed by atoms with Crippen molar-refractivity contribution in [1.82, 2.24) is 4.90 Å². The molecular weight excluding hydrogens is 293 g/mol. The number of nitrogens with two attached hydrogens (primary N) is 1. The van der Waals surface area contributed by atoms with Crippen LogP contribution < -0.4 is 5.73 Å². The Labute approximate surface area is 136 Å². The molecule has 5 saturated carbocycles. The molecule has 5 aliphatic carbocycles. The van der Waals surface area contributed by atoms with Crippen molar-refractivity contribution in [2.24, 2.45) is 28.9 Å². The second-order valence-electron chi connectivity index (χ2n) is 9.21. The third kappa shape index (κ3) is 1.88. The van der Waals surface area contributed by atoms with Gasteiger partial charge in [0.2, 0.25) is 5.91 Å². The largest absolute Gasteiger partial charge is 0.390 e. The summed E-state index contributed by atoms with van der Waals surface area (Å²) in [6.45, 7) is 0. The number of rotatable bonds is 2. The van der Waals surface area contributed by atoms with Gasteiger partial charge in [0.15, 0.2) is 0 Å². The van der Waals surface area contributed by atoms with Crippen molar-refractivity contribution in [3.63, 3.8) is 0 Å². The molecule has 5 nitrogen and oxygen atoms in total. The van der Waals surface area contributed by atoms with Crippen molar-refractivity contribution in [1.29, 1.82) is 5.26 Å². The first-order chi connectivity index (χ1) is 10.9. The number of carbonyl (C=O) groups is 1. The molecule has 6 rings (SSSR count). The van der Waals surface area contributed by atoms with Gasteiger partial charge in [-0.3, -0.25) is 4.79 Å². The second kappa shape index (κ2) is 4.29. The van der Waals surface area contributed by atoms with Crippen molar-refractivity contribution in [3.05, 3.63) is 0 Å². The van der Waals surface area contributed by atoms with Crippen LogP contribution in [0.15, 0.2) is 0 Å². The molecule has 1 aliphatic heterocycles. The van der Waals surface area contributed by atoms with Crippen LogP contribution in [0.5, 0.6) is 0 Å². The van der Waals surface area contributed by atoms with Crippen LogP contribution >= 0.6 is 0 Å². The molecule has 23 heavy (non-hydrogen) atoms. The number of hydrogen-bond acceptors (Lipinski definition) is 4. The van der Waals surface area contributed by atoms with E-state index in [4.69, 9.17) is 5.73 Å². The van der Waals surface area contributed by atoms with E-state index >= 15 is 0 Å². The Morgan fingerprint density at radius 1 is 1.22 bits per heavy atom. The fraction of sp³-hybridized carbons (Fsp3) is 0.889. The molecule has 0 radical (unpaired) electrons. The predicted octanol–water partition coefficient (Wildman–Crippen LogP) is 1.16. The highest BCUT2D eigenvalue weighted by Gasteiger charge is 2.62. The van der Waals surface area contributed by atoms with E-state index in [1.807, 2.05) is 0 Å². The molecule has 0 aromatic heterocycles. The van der Waals surface area contributed by atoms with E-state index in [0.29, 0.717) is 24.2 Å². The van der Waals surface area contributed by atoms with E-state index < -0.39 is 11.6 Å². The second-order valence-corrected chi connectivity index (χ2v) is 9.21. The Balaban J connectivity index is 1.43. The number of nitriles is 1. The molecule has 4 bridgehead atoms. The molecule has 0 aromatic rings. The zero-order valence-electron chi connectivity index (χ0n) is 13.4. The third-order valence-corrected chi connectivity index (χ3v) is 7.51. The lowest BCUT2D eigenvalue weighted by Gasteiger charge is -2.61. The lowest BCUT2D eigenvalue weighted by atomic mass is 9.49. The quantitative estimate of drug-likeness (QED) is 0.748. The smallest absolute Gasteiger partial charge is 0.241 e. The highest BCUT2D eigenvalue weighted by atomic mass is 16.3. The van der Waals surface area contributed by atoms with E-state index in [1.165, 1.54) is 6.42 Å². The normalized spacial score (nSPS) is 53.8. The lowest BCUT2D eigenvalue weighted by molar-refractivity contribution is -0.177. The summed E-state index contributed by atoms with van der Waals surface area (Å²) in [5.74, 6) is 1.56. The van der Waals surface area contributed by atoms with Crippen LogP contribution in [0.1, 0.15) is 51.4 Å². The third-order valence-electron chi connectivity index (χ3n) is 7.51. The highest BCUT2D eigenvalue weighted by Crippen LogP contribution is 2.63. The van der Waals surface area contributed by atoms with Crippen molar-refractivity contribution in [2.75, 3.05) is 0 Å². The van der Waals surface area contributed by atoms with Crippen molar-refractivity contribution in [3.8, 4) is 6.07 Å². The summed E-state index contributed by atoms with van der Waals surface area (Å²) >= 11 is 0. The zero-order valence-corrected chi connectivity index (χ0v) is 13.4. The van der Waals surface area contributed by atoms with Gasteiger partial charge in [-0.05, 0) is 74.5 Å². The molecule has 5 heteroatoms. The number of aliphatic hydroxyl groups is 1. The SMILES string of the molecule is N#C[C@@H]1C[C@@H]2[13CH2][C@@H]2N1[13C](=O)[13C@@H](N)C12CC3CC(CC(O)(C3)C1)C2. The molecule has 124 valence electrons. The molecule has 6 aliphatic rings. The van der Waals surface area contributed by atoms with Gasteiger partial charge in [-0.25, -0.2) is 0 Å². The van der Waals surface area contributed by atoms with E-state index in [2.05, 4.69) is 6.07 Å². The van der Waals surface area contributed by atoms with Gasteiger partial charge in [0.05, 0.1) is 17.7 Å². The van der Waals surface area contributed by atoms with Gasteiger partial charge in [-0.15, -0.1) is 0 Å². The zero-order chi connectivity index (χ0) is 16.0. The maximum absolute atomic E-state index is 13.1. The minimum Gasteiger partial charge on any atom is -0.390 e. The summed E-state index contributed by atoms with van der Waals surface area (Å²) < 4.78 is 0. The maximum Gasteiger partial charge on any atom is 0.241 e. The number of carbonyl (C=O) groups excluding carboxylic acids is 1. The Kier molecular flexibility index (Phi) is 2.65. The molecular formula is C18H25N3O2. The van der Waals surface area contributed by atoms with Gasteiger partial charge in [0, 0.05) is 6.04 Å². The minimum atomic E-state index is -0.594. The summed E-state index contributed by atoms with van der Waals surface area (Å²) in [4.78, 5) is 14.9. The summed E-state index contributed by atoms with van der Waals surface area (Å²) in [5.41, 5.74) is 5.71. The van der Waals surface area contributed by atoms with E-state index in [9.17, 15) is 15.2 Å². The number of likely N-dealkylation sites (tertiary alicyclic amines) is 1. The van der Waals surface area contributed by atoms with Crippen LogP contribution in [0.2, 0.25) is 0 Å². The molecule has 0 spiro atoms. The number of hydrogen-bond donors (Lipinski definition) is 2. The first-order valence-corrected chi connectivity index (χ1v) is 9.13. The van der Waals surface area contributed by atoms with Gasteiger partial charge < -0.3 is 15.7 Å². The molecule has 0 aromatic carbocycles. The van der Waals surface area contributed by atoms with Crippen molar-refractivity contribution in [2.45, 2.75) is 75.1 Å². The van der Waals surface area contributed by atoms with Crippen LogP contribution in [-0.2, 0) is 4.79 Å². The molecule has 1 amide bonds. The number of piperidine rings is 1. The van der Waals surface area contributed by atoms with E-state index in [1.54, 1.807) is 4.90 Å². The fourth-order valence-electron chi connectivity index (χ4n) is 6.96. The molecule has 2 unspecified atom stereocenters. The molecule has 3 N–H and O–H groups in total. The predicted molar refractivity (Wildman–Crippen MR) is 82.8 cm³/mol. The van der Waals surface area contributed by atoms with E-state index in [-0.39, 0.29) is 23.4 Å². The first-order valence-electron chi connectivity index (χ1n) is 9.13. The standard InChI is InChI=1S/C18H25N3O2/c19-8-13-2-12-3-14(12)21(13)16(22)15(20)17-4-10-1-11(5-17)7-18(23,6-10)9-17/h10-15,23H,1-7,9,20H2/t10?,11?,12-,13+,14+,15-,17?,18?/m1/s1/i3+1,15+1,16+1. The fourth-order valence-corrected chi connectivity index (χ4v) is 6.96. The maximum atomic E-state index is 13.1. The van der Waals surface area contributed by atoms with E-state index in [0.717, 1.165) is 38.5 Å². The van der Waals surface area contributed by atoms with Gasteiger partial charge in [0.1, 0.15) is 6.04 Å². The van der Waals surface area contributed by atoms with Crippen LogP contribution in [0.25, 0.3) is 0 Å². The number of amides is 1. The van der Waals surface area contributed by atoms with Crippen LogP contribution in [0, 0.1) is 34.5 Å². The van der Waals surface area contributed by atoms with Crippen molar-refractivity contribution < 1.29 is 9.90 Å². The Morgan fingerprint density at radius 2 is 1.91 bits per heavy atom. The van der Waals surface area contributed by atoms with Gasteiger partial charge in [0.25, 0.3) is 0 Å². The molecule has 6 atom stereocenters. The summed E-state index contributed by atoms with van der Waals surface area (Å²) in [6, 6.07) is 1.72. The minimum absolute atomic E-state index is 0.0212. The Morgan fingerprint density at radius 3 is 2.52 bits per heavy atom. The van der Waals surface area contributed by atoms with Crippen LogP contribution in [0.4, 0.5) is 0 Å². The summed E-state index contributed by atoms with van der Waals surface area (Å²) in [6.07, 6.45) is 7.48. The average molecular weight is 318 g/mol. The summed E-state index contributed by atoms with van der Waals surface area (Å²) in [7, 11) is 0. The highest BCUT2D eigenvalue weighted by molar-refractivity contribution is 5.84. The molecule has 1 saturated heterocycles. The Hall–Kier alpha value is -1.12. The van der Waals surface area contributed by atoms with Crippen molar-refractivity contribution >= 4 is 5.91 Å². The first kappa shape index (κ1) is 14.2.